The van der Waals surface area contributed by atoms with Crippen LogP contribution in [0.4, 0.5) is 0 Å². The molecule has 0 radical (unpaired) electrons. The van der Waals surface area contributed by atoms with E-state index in [4.69, 9.17) is 5.11 Å². The van der Waals surface area contributed by atoms with Crippen LogP contribution in [-0.2, 0) is 10.0 Å². The molecule has 0 fully saturated rings. The molecule has 0 aliphatic heterocycles. The van der Waals surface area contributed by atoms with Crippen molar-refractivity contribution < 1.29 is 18.3 Å². The van der Waals surface area contributed by atoms with E-state index in [1.54, 1.807) is 11.8 Å². The molecule has 0 aromatic carbocycles. The fraction of sp³-hybridized carbons (Fsp3) is 0.444. The molecule has 1 aromatic heterocycles. The van der Waals surface area contributed by atoms with Gasteiger partial charge >= 0.3 is 5.97 Å². The van der Waals surface area contributed by atoms with E-state index in [-0.39, 0.29) is 9.77 Å². The molecule has 0 spiro atoms. The monoisotopic (exact) mass is 373 g/mol. The smallest absolute Gasteiger partial charge is 0.345 e. The highest BCUT2D eigenvalue weighted by Gasteiger charge is 2.26. The summed E-state index contributed by atoms with van der Waals surface area (Å²) in [5.41, 5.74) is 0. The van der Waals surface area contributed by atoms with Crippen LogP contribution in [0.5, 0.6) is 0 Å². The molecule has 0 amide bonds. The zero-order valence-electron chi connectivity index (χ0n) is 9.71. The van der Waals surface area contributed by atoms with Crippen molar-refractivity contribution in [3.8, 4) is 0 Å². The summed E-state index contributed by atoms with van der Waals surface area (Å²) in [6.07, 6.45) is 1.89. The van der Waals surface area contributed by atoms with Gasteiger partial charge in [0.1, 0.15) is 9.77 Å². The van der Waals surface area contributed by atoms with Crippen LogP contribution in [0.15, 0.2) is 14.7 Å². The summed E-state index contributed by atoms with van der Waals surface area (Å²) < 4.78 is 25.9. The van der Waals surface area contributed by atoms with Crippen molar-refractivity contribution in [2.45, 2.75) is 4.90 Å². The fourth-order valence-corrected chi connectivity index (χ4v) is 5.23. The second kappa shape index (κ2) is 6.38. The number of aromatic carboxylic acids is 1. The van der Waals surface area contributed by atoms with Gasteiger partial charge in [-0.3, -0.25) is 0 Å². The Morgan fingerprint density at radius 3 is 2.67 bits per heavy atom. The van der Waals surface area contributed by atoms with Gasteiger partial charge < -0.3 is 5.11 Å². The second-order valence-corrected chi connectivity index (χ2v) is 8.74. The van der Waals surface area contributed by atoms with Crippen LogP contribution in [0.1, 0.15) is 9.67 Å². The van der Waals surface area contributed by atoms with Crippen molar-refractivity contribution in [1.82, 2.24) is 4.31 Å². The summed E-state index contributed by atoms with van der Waals surface area (Å²) in [7, 11) is -2.15. The number of carbonyl (C=O) groups is 1. The average Bonchev–Trinajstić information content (AvgIpc) is 2.68. The van der Waals surface area contributed by atoms with E-state index in [2.05, 4.69) is 15.9 Å². The Bertz CT molecular complexity index is 540. The molecule has 0 bridgehead atoms. The highest BCUT2D eigenvalue weighted by atomic mass is 79.9. The molecule has 0 aliphatic rings. The van der Waals surface area contributed by atoms with Crippen molar-refractivity contribution in [2.75, 3.05) is 25.6 Å². The van der Waals surface area contributed by atoms with Gasteiger partial charge in [-0.1, -0.05) is 0 Å². The molecule has 1 N–H and O–H groups in total. The molecule has 18 heavy (non-hydrogen) atoms. The highest BCUT2D eigenvalue weighted by molar-refractivity contribution is 9.11. The molecule has 1 heterocycles. The normalized spacial score (nSPS) is 12.0. The number of thioether (sulfide) groups is 1. The number of carboxylic acid groups (broad SMARTS) is 1. The molecule has 1 aromatic rings. The van der Waals surface area contributed by atoms with Crippen molar-refractivity contribution in [3.05, 3.63) is 14.7 Å². The van der Waals surface area contributed by atoms with Crippen LogP contribution < -0.4 is 0 Å². The quantitative estimate of drug-likeness (QED) is 0.826. The Morgan fingerprint density at radius 2 is 2.22 bits per heavy atom. The summed E-state index contributed by atoms with van der Waals surface area (Å²) in [5.74, 6) is -0.447. The number of hydrogen-bond acceptors (Lipinski definition) is 5. The molecule has 9 heteroatoms. The van der Waals surface area contributed by atoms with Crippen LogP contribution in [0.3, 0.4) is 0 Å². The Kier molecular flexibility index (Phi) is 5.66. The first kappa shape index (κ1) is 16.0. The summed E-state index contributed by atoms with van der Waals surface area (Å²) in [6.45, 7) is 0.383. The molecule has 0 aliphatic carbocycles. The van der Waals surface area contributed by atoms with Gasteiger partial charge in [-0.15, -0.1) is 11.3 Å². The molecule has 1 rings (SSSR count). The number of sulfonamides is 1. The minimum absolute atomic E-state index is 0.00119. The van der Waals surface area contributed by atoms with Crippen LogP contribution >= 0.6 is 39.0 Å². The Labute approximate surface area is 122 Å². The van der Waals surface area contributed by atoms with Crippen molar-refractivity contribution in [3.63, 3.8) is 0 Å². The highest BCUT2D eigenvalue weighted by Crippen LogP contribution is 2.33. The zero-order chi connectivity index (χ0) is 13.9. The molecule has 0 saturated heterocycles. The number of halogens is 1. The third-order valence-electron chi connectivity index (χ3n) is 2.16. The maximum absolute atomic E-state index is 12.2. The third kappa shape index (κ3) is 3.47. The lowest BCUT2D eigenvalue weighted by atomic mass is 10.5. The van der Waals surface area contributed by atoms with Gasteiger partial charge in [0.25, 0.3) is 0 Å². The summed E-state index contributed by atoms with van der Waals surface area (Å²) >= 11 is 5.54. The van der Waals surface area contributed by atoms with Crippen LogP contribution in [0.2, 0.25) is 0 Å². The van der Waals surface area contributed by atoms with Gasteiger partial charge in [0.05, 0.1) is 3.79 Å². The predicted molar refractivity (Wildman–Crippen MR) is 77.2 cm³/mol. The first-order chi connectivity index (χ1) is 8.30. The molecule has 0 unspecified atom stereocenters. The molecule has 0 saturated carbocycles. The zero-order valence-corrected chi connectivity index (χ0v) is 13.7. The van der Waals surface area contributed by atoms with E-state index in [1.807, 2.05) is 6.26 Å². The maximum atomic E-state index is 12.2. The number of nitrogens with zero attached hydrogens (tertiary/aromatic N) is 1. The van der Waals surface area contributed by atoms with Crippen LogP contribution in [-0.4, -0.2) is 49.4 Å². The predicted octanol–water partition coefficient (Wildman–Crippen LogP) is 2.19. The van der Waals surface area contributed by atoms with Gasteiger partial charge in [-0.25, -0.2) is 17.5 Å². The van der Waals surface area contributed by atoms with Gasteiger partial charge in [-0.2, -0.15) is 11.8 Å². The number of hydrogen-bond donors (Lipinski definition) is 1. The topological polar surface area (TPSA) is 74.7 Å². The largest absolute Gasteiger partial charge is 0.477 e. The Hall–Kier alpha value is -0.0900. The number of rotatable bonds is 6. The lowest BCUT2D eigenvalue weighted by molar-refractivity contribution is 0.0702. The summed E-state index contributed by atoms with van der Waals surface area (Å²) in [4.78, 5) is 10.8. The Morgan fingerprint density at radius 1 is 1.61 bits per heavy atom. The molecule has 102 valence electrons. The van der Waals surface area contributed by atoms with Crippen LogP contribution in [0, 0.1) is 0 Å². The van der Waals surface area contributed by atoms with E-state index in [9.17, 15) is 13.2 Å². The SMILES string of the molecule is CSCCN(C)S(=O)(=O)c1cc(C(=O)O)sc1Br. The van der Waals surface area contributed by atoms with Gasteiger partial charge in [0, 0.05) is 19.3 Å². The Balaban J connectivity index is 3.08. The fourth-order valence-electron chi connectivity index (χ4n) is 1.14. The van der Waals surface area contributed by atoms with E-state index >= 15 is 0 Å². The first-order valence-electron chi connectivity index (χ1n) is 4.78. The summed E-state index contributed by atoms with van der Waals surface area (Å²) in [5, 5.41) is 8.85. The van der Waals surface area contributed by atoms with Crippen molar-refractivity contribution >= 4 is 55.0 Å². The molecule has 0 atom stereocenters. The summed E-state index contributed by atoms with van der Waals surface area (Å²) in [6, 6.07) is 1.18. The lowest BCUT2D eigenvalue weighted by Gasteiger charge is -2.15. The minimum Gasteiger partial charge on any atom is -0.477 e. The number of carboxylic acids is 1. The van der Waals surface area contributed by atoms with Gasteiger partial charge in [-0.05, 0) is 28.3 Å². The first-order valence-corrected chi connectivity index (χ1v) is 9.23. The molecular weight excluding hydrogens is 362 g/mol. The lowest BCUT2D eigenvalue weighted by Crippen LogP contribution is -2.29. The van der Waals surface area contributed by atoms with Gasteiger partial charge in [0.2, 0.25) is 10.0 Å². The van der Waals surface area contributed by atoms with Crippen molar-refractivity contribution in [1.29, 1.82) is 0 Å². The third-order valence-corrected chi connectivity index (χ3v) is 6.85. The molecular formula is C9H12BrNO4S3. The van der Waals surface area contributed by atoms with Crippen molar-refractivity contribution in [2.24, 2.45) is 0 Å². The van der Waals surface area contributed by atoms with E-state index in [1.165, 1.54) is 17.4 Å². The van der Waals surface area contributed by atoms with E-state index < -0.39 is 16.0 Å². The van der Waals surface area contributed by atoms with E-state index in [0.717, 1.165) is 11.3 Å². The second-order valence-electron chi connectivity index (χ2n) is 3.37. The van der Waals surface area contributed by atoms with Gasteiger partial charge in [0.15, 0.2) is 0 Å². The minimum atomic E-state index is -3.63. The number of thiophene rings is 1. The van der Waals surface area contributed by atoms with E-state index in [0.29, 0.717) is 16.1 Å². The standard InChI is InChI=1S/C9H12BrNO4S3/c1-11(3-4-16-2)18(14,15)7-5-6(9(12)13)17-8(7)10/h5H,3-4H2,1-2H3,(H,12,13). The average molecular weight is 374 g/mol. The molecule has 5 nitrogen and oxygen atoms in total. The van der Waals surface area contributed by atoms with Crippen LogP contribution in [0.25, 0.3) is 0 Å². The maximum Gasteiger partial charge on any atom is 0.345 e.